The highest BCUT2D eigenvalue weighted by Crippen LogP contribution is 2.27. The first-order valence-corrected chi connectivity index (χ1v) is 8.42. The van der Waals surface area contributed by atoms with Gasteiger partial charge in [0.15, 0.2) is 0 Å². The van der Waals surface area contributed by atoms with Crippen molar-refractivity contribution in [2.24, 2.45) is 0 Å². The second kappa shape index (κ2) is 6.33. The maximum atomic E-state index is 6.26. The minimum atomic E-state index is 0.582. The van der Waals surface area contributed by atoms with E-state index in [2.05, 4.69) is 47.9 Å². The Balaban J connectivity index is 1.78. The van der Waals surface area contributed by atoms with E-state index in [0.717, 1.165) is 35.9 Å². The van der Waals surface area contributed by atoms with Crippen molar-refractivity contribution in [3.8, 4) is 11.3 Å². The fraction of sp³-hybridized carbons (Fsp3) is 0.263. The van der Waals surface area contributed by atoms with E-state index in [4.69, 9.17) is 21.4 Å². The van der Waals surface area contributed by atoms with Crippen LogP contribution < -0.4 is 0 Å². The van der Waals surface area contributed by atoms with Crippen molar-refractivity contribution in [1.29, 1.82) is 0 Å². The topological polar surface area (TPSA) is 30.3 Å². The number of aromatic nitrogens is 2. The lowest BCUT2D eigenvalue weighted by Crippen LogP contribution is -2.37. The number of halogens is 1. The lowest BCUT2D eigenvalue weighted by atomic mass is 10.1. The molecule has 4 rings (SSSR count). The number of fused-ring (bicyclic) bond motifs is 1. The number of ether oxygens (including phenoxy) is 1. The lowest BCUT2D eigenvalue weighted by Gasteiger charge is -2.31. The molecule has 2 aliphatic heterocycles. The van der Waals surface area contributed by atoms with Gasteiger partial charge in [-0.1, -0.05) is 47.2 Å². The highest BCUT2D eigenvalue weighted by atomic mass is 35.5. The Kier molecular flexibility index (Phi) is 4.03. The largest absolute Gasteiger partial charge is 0.378 e. The first-order valence-electron chi connectivity index (χ1n) is 8.05. The average Bonchev–Trinajstić information content (AvgIpc) is 2.96. The highest BCUT2D eigenvalue weighted by Gasteiger charge is 2.20. The summed E-state index contributed by atoms with van der Waals surface area (Å²) >= 11 is 6.26. The molecule has 1 aromatic carbocycles. The van der Waals surface area contributed by atoms with Gasteiger partial charge in [0, 0.05) is 30.8 Å². The van der Waals surface area contributed by atoms with E-state index in [9.17, 15) is 0 Å². The van der Waals surface area contributed by atoms with E-state index in [1.165, 1.54) is 5.56 Å². The SMILES string of the molecule is Cc1ccc(-c2cc3n(n2)C(N2CCOCC2)=CC(Cl)=C=C3)cc1. The molecule has 0 saturated carbocycles. The minimum absolute atomic E-state index is 0.582. The molecule has 1 aromatic heterocycles. The van der Waals surface area contributed by atoms with Crippen LogP contribution in [-0.2, 0) is 4.74 Å². The summed E-state index contributed by atoms with van der Waals surface area (Å²) in [6.45, 7) is 5.17. The van der Waals surface area contributed by atoms with E-state index in [1.807, 2.05) is 16.8 Å². The van der Waals surface area contributed by atoms with Crippen LogP contribution in [0, 0.1) is 6.92 Å². The molecule has 0 bridgehead atoms. The van der Waals surface area contributed by atoms with Gasteiger partial charge >= 0.3 is 0 Å². The number of rotatable bonds is 2. The molecule has 2 aliphatic rings. The van der Waals surface area contributed by atoms with Gasteiger partial charge in [-0.25, -0.2) is 4.68 Å². The molecular weight excluding hydrogens is 322 g/mol. The van der Waals surface area contributed by atoms with Gasteiger partial charge < -0.3 is 9.64 Å². The summed E-state index contributed by atoms with van der Waals surface area (Å²) in [7, 11) is 0. The van der Waals surface area contributed by atoms with Crippen LogP contribution in [0.25, 0.3) is 23.2 Å². The molecule has 0 radical (unpaired) electrons. The molecule has 122 valence electrons. The number of morpholine rings is 1. The Morgan fingerprint density at radius 3 is 2.67 bits per heavy atom. The maximum absolute atomic E-state index is 6.26. The molecule has 24 heavy (non-hydrogen) atoms. The predicted octanol–water partition coefficient (Wildman–Crippen LogP) is 3.74. The maximum Gasteiger partial charge on any atom is 0.133 e. The first kappa shape index (κ1) is 15.3. The summed E-state index contributed by atoms with van der Waals surface area (Å²) in [4.78, 5) is 2.25. The molecule has 1 fully saturated rings. The summed E-state index contributed by atoms with van der Waals surface area (Å²) in [5.41, 5.74) is 7.36. The van der Waals surface area contributed by atoms with E-state index in [-0.39, 0.29) is 0 Å². The second-order valence-electron chi connectivity index (χ2n) is 5.97. The zero-order chi connectivity index (χ0) is 16.5. The van der Waals surface area contributed by atoms with E-state index < -0.39 is 0 Å². The molecule has 1 saturated heterocycles. The number of hydrogen-bond acceptors (Lipinski definition) is 3. The predicted molar refractivity (Wildman–Crippen MR) is 96.4 cm³/mol. The number of benzene rings is 1. The average molecular weight is 340 g/mol. The Bertz CT molecular complexity index is 851. The Morgan fingerprint density at radius 2 is 1.92 bits per heavy atom. The van der Waals surface area contributed by atoms with Gasteiger partial charge in [-0.15, -0.1) is 0 Å². The van der Waals surface area contributed by atoms with Crippen molar-refractivity contribution >= 4 is 23.5 Å². The molecule has 0 spiro atoms. The third kappa shape index (κ3) is 2.92. The molecule has 0 aliphatic carbocycles. The van der Waals surface area contributed by atoms with Gasteiger partial charge in [0.1, 0.15) is 5.82 Å². The summed E-state index contributed by atoms with van der Waals surface area (Å²) in [6.07, 6.45) is 3.81. The van der Waals surface area contributed by atoms with Crippen molar-refractivity contribution in [3.63, 3.8) is 0 Å². The minimum Gasteiger partial charge on any atom is -0.378 e. The summed E-state index contributed by atoms with van der Waals surface area (Å²) in [5.74, 6) is 0.970. The van der Waals surface area contributed by atoms with Gasteiger partial charge in [-0.05, 0) is 13.0 Å². The quantitative estimate of drug-likeness (QED) is 0.781. The third-order valence-corrected chi connectivity index (χ3v) is 4.47. The molecule has 0 unspecified atom stereocenters. The van der Waals surface area contributed by atoms with Crippen LogP contribution in [0.2, 0.25) is 0 Å². The standard InChI is InChI=1S/C19H18ClN3O/c1-14-2-4-15(5-3-14)18-13-17-7-6-16(20)12-19(23(17)21-18)22-8-10-24-11-9-22/h2-5,7,12-13H,8-11H2,1H3. The van der Waals surface area contributed by atoms with Gasteiger partial charge in [-0.2, -0.15) is 5.10 Å². The first-order chi connectivity index (χ1) is 11.7. The second-order valence-corrected chi connectivity index (χ2v) is 6.38. The number of aryl methyl sites for hydroxylation is 1. The van der Waals surface area contributed by atoms with Gasteiger partial charge in [0.2, 0.25) is 0 Å². The van der Waals surface area contributed by atoms with Crippen molar-refractivity contribution < 1.29 is 4.74 Å². The molecule has 4 nitrogen and oxygen atoms in total. The molecule has 5 heteroatoms. The van der Waals surface area contributed by atoms with Crippen LogP contribution in [-0.4, -0.2) is 41.0 Å². The van der Waals surface area contributed by atoms with Crippen LogP contribution in [0.3, 0.4) is 0 Å². The molecule has 0 N–H and O–H groups in total. The fourth-order valence-electron chi connectivity index (χ4n) is 2.92. The molecule has 3 heterocycles. The summed E-state index contributed by atoms with van der Waals surface area (Å²) in [6, 6.07) is 10.5. The van der Waals surface area contributed by atoms with Crippen LogP contribution >= 0.6 is 11.6 Å². The van der Waals surface area contributed by atoms with E-state index >= 15 is 0 Å². The van der Waals surface area contributed by atoms with Crippen molar-refractivity contribution in [1.82, 2.24) is 14.7 Å². The van der Waals surface area contributed by atoms with Gasteiger partial charge in [-0.3, -0.25) is 0 Å². The number of hydrogen-bond donors (Lipinski definition) is 0. The van der Waals surface area contributed by atoms with Crippen LogP contribution in [0.4, 0.5) is 0 Å². The van der Waals surface area contributed by atoms with Crippen LogP contribution in [0.1, 0.15) is 11.3 Å². The fourth-order valence-corrected chi connectivity index (χ4v) is 3.08. The van der Waals surface area contributed by atoms with E-state index in [1.54, 1.807) is 0 Å². The highest BCUT2D eigenvalue weighted by molar-refractivity contribution is 6.31. The summed E-state index contributed by atoms with van der Waals surface area (Å²) in [5, 5.41) is 5.41. The summed E-state index contributed by atoms with van der Waals surface area (Å²) < 4.78 is 7.41. The molecule has 0 atom stereocenters. The van der Waals surface area contributed by atoms with Crippen LogP contribution in [0.5, 0.6) is 0 Å². The number of allylic oxidation sites excluding steroid dienone is 2. The zero-order valence-corrected chi connectivity index (χ0v) is 14.3. The third-order valence-electron chi connectivity index (χ3n) is 4.25. The number of nitrogens with zero attached hydrogens (tertiary/aromatic N) is 3. The van der Waals surface area contributed by atoms with Crippen molar-refractivity contribution in [2.45, 2.75) is 6.92 Å². The normalized spacial score (nSPS) is 17.2. The Morgan fingerprint density at radius 1 is 1.17 bits per heavy atom. The Labute approximate surface area is 146 Å². The smallest absolute Gasteiger partial charge is 0.133 e. The van der Waals surface area contributed by atoms with Gasteiger partial charge in [0.05, 0.1) is 29.6 Å². The van der Waals surface area contributed by atoms with E-state index in [0.29, 0.717) is 18.2 Å². The van der Waals surface area contributed by atoms with Gasteiger partial charge in [0.25, 0.3) is 0 Å². The van der Waals surface area contributed by atoms with Crippen molar-refractivity contribution in [2.75, 3.05) is 26.3 Å². The molecule has 0 amide bonds. The monoisotopic (exact) mass is 339 g/mol. The Hall–Kier alpha value is -2.26. The van der Waals surface area contributed by atoms with Crippen molar-refractivity contribution in [3.05, 3.63) is 58.4 Å². The lowest BCUT2D eigenvalue weighted by molar-refractivity contribution is 0.0612. The molecule has 2 aromatic rings. The van der Waals surface area contributed by atoms with Crippen LogP contribution in [0.15, 0.2) is 47.2 Å². The zero-order valence-electron chi connectivity index (χ0n) is 13.5. The molecular formula is C19H18ClN3O.